The number of hydrogen-bond donors (Lipinski definition) is 1. The van der Waals surface area contributed by atoms with Gasteiger partial charge in [0, 0.05) is 6.07 Å². The zero-order valence-corrected chi connectivity index (χ0v) is 13.0. The molecule has 0 aliphatic heterocycles. The van der Waals surface area contributed by atoms with Crippen LogP contribution in [-0.4, -0.2) is 35.8 Å². The maximum Gasteiger partial charge on any atom is 0.356 e. The smallest absolute Gasteiger partial charge is 0.356 e. The van der Waals surface area contributed by atoms with Gasteiger partial charge in [-0.25, -0.2) is 9.59 Å². The van der Waals surface area contributed by atoms with Crippen LogP contribution in [0.1, 0.15) is 20.8 Å². The third-order valence-corrected chi connectivity index (χ3v) is 3.38. The van der Waals surface area contributed by atoms with E-state index in [1.807, 2.05) is 0 Å². The number of esters is 2. The van der Waals surface area contributed by atoms with Crippen molar-refractivity contribution in [3.8, 4) is 11.4 Å². The molecule has 0 bridgehead atoms. The van der Waals surface area contributed by atoms with Crippen LogP contribution >= 0.6 is 11.6 Å². The second-order valence-electron chi connectivity index (χ2n) is 4.36. The Kier molecular flexibility index (Phi) is 4.71. The zero-order chi connectivity index (χ0) is 17.1. The summed E-state index contributed by atoms with van der Waals surface area (Å²) in [5.74, 6) is -2.69. The lowest BCUT2D eigenvalue weighted by atomic mass is 10.1. The molecule has 0 atom stereocenters. The van der Waals surface area contributed by atoms with E-state index in [0.717, 1.165) is 24.9 Å². The lowest BCUT2D eigenvalue weighted by Crippen LogP contribution is -2.28. The van der Waals surface area contributed by atoms with Gasteiger partial charge in [-0.05, 0) is 12.1 Å². The molecule has 1 heterocycles. The summed E-state index contributed by atoms with van der Waals surface area (Å²) < 4.78 is 10.1. The molecule has 0 aliphatic rings. The van der Waals surface area contributed by atoms with Crippen LogP contribution in [0.5, 0.6) is 5.75 Å². The van der Waals surface area contributed by atoms with Gasteiger partial charge in [0.2, 0.25) is 0 Å². The summed E-state index contributed by atoms with van der Waals surface area (Å²) in [6.07, 6.45) is 0. The van der Waals surface area contributed by atoms with Gasteiger partial charge in [-0.1, -0.05) is 23.7 Å². The zero-order valence-electron chi connectivity index (χ0n) is 12.2. The Labute approximate surface area is 135 Å². The van der Waals surface area contributed by atoms with Gasteiger partial charge >= 0.3 is 11.9 Å². The van der Waals surface area contributed by atoms with Crippen molar-refractivity contribution < 1.29 is 24.2 Å². The molecule has 2 aromatic rings. The fourth-order valence-electron chi connectivity index (χ4n) is 2.06. The predicted octanol–water partition coefficient (Wildman–Crippen LogP) is 1.77. The van der Waals surface area contributed by atoms with Gasteiger partial charge in [0.15, 0.2) is 5.69 Å². The monoisotopic (exact) mass is 337 g/mol. The van der Waals surface area contributed by atoms with Crippen LogP contribution in [0.15, 0.2) is 35.1 Å². The third-order valence-electron chi connectivity index (χ3n) is 3.06. The molecule has 1 N–H and O–H groups in total. The van der Waals surface area contributed by atoms with Crippen LogP contribution in [0.25, 0.3) is 5.69 Å². The lowest BCUT2D eigenvalue weighted by Gasteiger charge is -2.16. The summed E-state index contributed by atoms with van der Waals surface area (Å²) in [4.78, 5) is 36.3. The molecule has 1 aromatic heterocycles. The highest BCUT2D eigenvalue weighted by molar-refractivity contribution is 6.32. The summed E-state index contributed by atoms with van der Waals surface area (Å²) >= 11 is 6.07. The molecule has 0 saturated carbocycles. The largest absolute Gasteiger partial charge is 0.507 e. The molecule has 0 radical (unpaired) electrons. The number of benzene rings is 1. The molecule has 0 fully saturated rings. The number of methoxy groups -OCH3 is 2. The first-order valence-corrected chi connectivity index (χ1v) is 6.70. The summed E-state index contributed by atoms with van der Waals surface area (Å²) in [5.41, 5.74) is -1.57. The van der Waals surface area contributed by atoms with Gasteiger partial charge in [0.1, 0.15) is 11.3 Å². The highest BCUT2D eigenvalue weighted by atomic mass is 35.5. The number of aromatic nitrogens is 1. The highest BCUT2D eigenvalue weighted by Crippen LogP contribution is 2.26. The van der Waals surface area contributed by atoms with Crippen molar-refractivity contribution in [2.24, 2.45) is 0 Å². The first kappa shape index (κ1) is 16.6. The Balaban J connectivity index is 2.97. The number of aromatic hydroxyl groups is 1. The molecule has 0 spiro atoms. The quantitative estimate of drug-likeness (QED) is 0.858. The number of rotatable bonds is 3. The van der Waals surface area contributed by atoms with Gasteiger partial charge in [-0.15, -0.1) is 0 Å². The molecule has 7 nitrogen and oxygen atoms in total. The molecule has 2 rings (SSSR count). The predicted molar refractivity (Wildman–Crippen MR) is 81.4 cm³/mol. The van der Waals surface area contributed by atoms with E-state index >= 15 is 0 Å². The molecule has 0 amide bonds. The summed E-state index contributed by atoms with van der Waals surface area (Å²) in [6, 6.07) is 7.01. The average molecular weight is 338 g/mol. The molecule has 0 aliphatic carbocycles. The Morgan fingerprint density at radius 3 is 2.30 bits per heavy atom. The maximum absolute atomic E-state index is 12.3. The first-order chi connectivity index (χ1) is 10.9. The normalized spacial score (nSPS) is 10.2. The Bertz CT molecular complexity index is 842. The van der Waals surface area contributed by atoms with Crippen LogP contribution in [-0.2, 0) is 9.47 Å². The van der Waals surface area contributed by atoms with Crippen molar-refractivity contribution >= 4 is 23.5 Å². The fourth-order valence-corrected chi connectivity index (χ4v) is 2.28. The fraction of sp³-hybridized carbons (Fsp3) is 0.133. The van der Waals surface area contributed by atoms with E-state index in [-0.39, 0.29) is 10.7 Å². The van der Waals surface area contributed by atoms with Crippen molar-refractivity contribution in [1.82, 2.24) is 4.57 Å². The van der Waals surface area contributed by atoms with Crippen LogP contribution in [0.4, 0.5) is 0 Å². The van der Waals surface area contributed by atoms with Gasteiger partial charge in [0.05, 0.1) is 24.9 Å². The van der Waals surface area contributed by atoms with Crippen molar-refractivity contribution in [2.75, 3.05) is 14.2 Å². The highest BCUT2D eigenvalue weighted by Gasteiger charge is 2.29. The number of para-hydroxylation sites is 1. The molecule has 8 heteroatoms. The van der Waals surface area contributed by atoms with E-state index in [4.69, 9.17) is 11.6 Å². The van der Waals surface area contributed by atoms with E-state index in [0.29, 0.717) is 0 Å². The molecular formula is C15H12ClNO6. The van der Waals surface area contributed by atoms with Crippen LogP contribution in [0, 0.1) is 0 Å². The number of nitrogens with zero attached hydrogens (tertiary/aromatic N) is 1. The number of pyridine rings is 1. The second kappa shape index (κ2) is 6.53. The number of hydrogen-bond acceptors (Lipinski definition) is 6. The van der Waals surface area contributed by atoms with Crippen LogP contribution < -0.4 is 5.56 Å². The molecule has 1 aromatic carbocycles. The van der Waals surface area contributed by atoms with E-state index in [2.05, 4.69) is 9.47 Å². The number of carbonyl (C=O) groups excluding carboxylic acids is 2. The molecular weight excluding hydrogens is 326 g/mol. The minimum absolute atomic E-state index is 0.157. The minimum Gasteiger partial charge on any atom is -0.507 e. The van der Waals surface area contributed by atoms with Gasteiger partial charge in [0.25, 0.3) is 5.56 Å². The van der Waals surface area contributed by atoms with Crippen LogP contribution in [0.3, 0.4) is 0 Å². The maximum atomic E-state index is 12.3. The van der Waals surface area contributed by atoms with Crippen molar-refractivity contribution in [3.63, 3.8) is 0 Å². The summed E-state index contributed by atoms with van der Waals surface area (Å²) in [5, 5.41) is 10.1. The van der Waals surface area contributed by atoms with Crippen LogP contribution in [0.2, 0.25) is 5.02 Å². The molecule has 0 saturated heterocycles. The average Bonchev–Trinajstić information content (AvgIpc) is 2.54. The first-order valence-electron chi connectivity index (χ1n) is 6.33. The Morgan fingerprint density at radius 1 is 1.13 bits per heavy atom. The number of halogens is 1. The SMILES string of the molecule is COC(=O)c1c(O)cc(=O)n(-c2ccccc2Cl)c1C(=O)OC. The van der Waals surface area contributed by atoms with Gasteiger partial charge < -0.3 is 14.6 Å². The standard InChI is InChI=1S/C15H12ClNO6/c1-22-14(20)12-10(18)7-11(19)17(13(12)15(21)23-2)9-6-4-3-5-8(9)16/h3-7,18H,1-2H3. The summed E-state index contributed by atoms with van der Waals surface area (Å²) in [6.45, 7) is 0. The Morgan fingerprint density at radius 2 is 1.74 bits per heavy atom. The molecule has 120 valence electrons. The van der Waals surface area contributed by atoms with Crippen molar-refractivity contribution in [1.29, 1.82) is 0 Å². The van der Waals surface area contributed by atoms with Gasteiger partial charge in [-0.3, -0.25) is 9.36 Å². The molecule has 0 unspecified atom stereocenters. The number of carbonyl (C=O) groups is 2. The third kappa shape index (κ3) is 2.91. The van der Waals surface area contributed by atoms with E-state index < -0.39 is 34.5 Å². The summed E-state index contributed by atoms with van der Waals surface area (Å²) in [7, 11) is 2.16. The lowest BCUT2D eigenvalue weighted by molar-refractivity contribution is 0.0543. The molecule has 23 heavy (non-hydrogen) atoms. The van der Waals surface area contributed by atoms with Gasteiger partial charge in [-0.2, -0.15) is 0 Å². The Hall–Kier alpha value is -2.80. The second-order valence-corrected chi connectivity index (χ2v) is 4.77. The van der Waals surface area contributed by atoms with Crippen molar-refractivity contribution in [3.05, 3.63) is 57.0 Å². The minimum atomic E-state index is -1.00. The van der Waals surface area contributed by atoms with E-state index in [1.54, 1.807) is 12.1 Å². The number of ether oxygens (including phenoxy) is 2. The van der Waals surface area contributed by atoms with E-state index in [1.165, 1.54) is 12.1 Å². The van der Waals surface area contributed by atoms with Crippen molar-refractivity contribution in [2.45, 2.75) is 0 Å². The van der Waals surface area contributed by atoms with E-state index in [9.17, 15) is 19.5 Å². The topological polar surface area (TPSA) is 94.8 Å².